The van der Waals surface area contributed by atoms with Gasteiger partial charge in [-0.15, -0.1) is 0 Å². The Kier molecular flexibility index (Phi) is 5.86. The Balaban J connectivity index is 1.25. The molecule has 2 aromatic carbocycles. The van der Waals surface area contributed by atoms with Crippen LogP contribution in [0.15, 0.2) is 59.9 Å². The summed E-state index contributed by atoms with van der Waals surface area (Å²) in [5.74, 6) is -0.477. The Morgan fingerprint density at radius 3 is 2.20 bits per heavy atom. The number of ketones is 2. The first kappa shape index (κ1) is 20.2. The number of benzene rings is 2. The first-order valence-corrected chi connectivity index (χ1v) is 10.5. The van der Waals surface area contributed by atoms with Gasteiger partial charge in [0.05, 0.1) is 0 Å². The molecule has 0 spiro atoms. The third-order valence-corrected chi connectivity index (χ3v) is 5.88. The summed E-state index contributed by atoms with van der Waals surface area (Å²) in [5, 5.41) is 3.12. The zero-order chi connectivity index (χ0) is 21.1. The number of piperazine rings is 1. The van der Waals surface area contributed by atoms with Crippen LogP contribution in [0.1, 0.15) is 32.7 Å². The van der Waals surface area contributed by atoms with Crippen molar-refractivity contribution in [3.63, 3.8) is 0 Å². The highest BCUT2D eigenvalue weighted by Gasteiger charge is 2.30. The van der Waals surface area contributed by atoms with Crippen molar-refractivity contribution >= 4 is 17.3 Å². The van der Waals surface area contributed by atoms with Crippen molar-refractivity contribution in [2.24, 2.45) is 5.73 Å². The topological polar surface area (TPSA) is 78.7 Å². The van der Waals surface area contributed by atoms with Gasteiger partial charge in [0, 0.05) is 49.5 Å². The summed E-state index contributed by atoms with van der Waals surface area (Å²) in [6.07, 6.45) is 0.879. The van der Waals surface area contributed by atoms with Crippen LogP contribution in [0.2, 0.25) is 0 Å². The fourth-order valence-corrected chi connectivity index (χ4v) is 4.07. The number of rotatable bonds is 6. The van der Waals surface area contributed by atoms with Crippen LogP contribution in [0.25, 0.3) is 0 Å². The molecular formula is C24H28N4O2. The van der Waals surface area contributed by atoms with Gasteiger partial charge in [0.2, 0.25) is 11.6 Å². The van der Waals surface area contributed by atoms with Gasteiger partial charge in [-0.1, -0.05) is 42.0 Å². The molecule has 0 saturated carbocycles. The molecule has 0 bridgehead atoms. The number of hydrogen-bond acceptors (Lipinski definition) is 6. The maximum atomic E-state index is 12.7. The number of aryl methyl sites for hydroxylation is 1. The SMILES string of the molecule is Cc1ccc(N2CCN(CCCNC3=C(N)C(=O)c4ccccc4C3=O)CC2)cc1. The van der Waals surface area contributed by atoms with Crippen molar-refractivity contribution in [2.75, 3.05) is 44.2 Å². The van der Waals surface area contributed by atoms with Crippen molar-refractivity contribution in [1.82, 2.24) is 10.2 Å². The minimum atomic E-state index is -0.278. The van der Waals surface area contributed by atoms with E-state index in [0.717, 1.165) is 39.1 Å². The van der Waals surface area contributed by atoms with E-state index in [9.17, 15) is 9.59 Å². The fourth-order valence-electron chi connectivity index (χ4n) is 4.07. The molecule has 0 amide bonds. The zero-order valence-electron chi connectivity index (χ0n) is 17.4. The Morgan fingerprint density at radius 1 is 0.900 bits per heavy atom. The highest BCUT2D eigenvalue weighted by molar-refractivity contribution is 6.26. The van der Waals surface area contributed by atoms with E-state index >= 15 is 0 Å². The monoisotopic (exact) mass is 404 g/mol. The molecule has 1 heterocycles. The van der Waals surface area contributed by atoms with Gasteiger partial charge < -0.3 is 16.0 Å². The normalized spacial score (nSPS) is 17.3. The number of fused-ring (bicyclic) bond motifs is 1. The van der Waals surface area contributed by atoms with E-state index in [1.54, 1.807) is 24.3 Å². The third kappa shape index (κ3) is 4.09. The van der Waals surface area contributed by atoms with E-state index in [2.05, 4.69) is 46.3 Å². The molecule has 6 nitrogen and oxygen atoms in total. The number of carbonyl (C=O) groups excluding carboxylic acids is 2. The summed E-state index contributed by atoms with van der Waals surface area (Å²) in [7, 11) is 0. The van der Waals surface area contributed by atoms with Gasteiger partial charge in [0.15, 0.2) is 0 Å². The van der Waals surface area contributed by atoms with Crippen molar-refractivity contribution in [2.45, 2.75) is 13.3 Å². The second-order valence-electron chi connectivity index (χ2n) is 7.94. The third-order valence-electron chi connectivity index (χ3n) is 5.88. The van der Waals surface area contributed by atoms with Crippen molar-refractivity contribution < 1.29 is 9.59 Å². The van der Waals surface area contributed by atoms with Gasteiger partial charge in [-0.3, -0.25) is 14.5 Å². The lowest BCUT2D eigenvalue weighted by molar-refractivity contribution is 0.0967. The number of nitrogens with two attached hydrogens (primary N) is 1. The molecule has 1 fully saturated rings. The number of Topliss-reactive ketones (excluding diaryl/α,β-unsaturated/α-hetero) is 2. The number of allylic oxidation sites excluding steroid dienone is 2. The molecule has 156 valence electrons. The quantitative estimate of drug-likeness (QED) is 0.720. The molecule has 3 N–H and O–H groups in total. The summed E-state index contributed by atoms with van der Waals surface area (Å²) >= 11 is 0. The number of nitrogens with one attached hydrogen (secondary N) is 1. The Morgan fingerprint density at radius 2 is 1.53 bits per heavy atom. The molecule has 2 aliphatic rings. The lowest BCUT2D eigenvalue weighted by Gasteiger charge is -2.36. The van der Waals surface area contributed by atoms with E-state index in [4.69, 9.17) is 5.73 Å². The van der Waals surface area contributed by atoms with Gasteiger partial charge in [-0.05, 0) is 32.0 Å². The van der Waals surface area contributed by atoms with Crippen LogP contribution in [0.5, 0.6) is 0 Å². The number of anilines is 1. The maximum absolute atomic E-state index is 12.7. The van der Waals surface area contributed by atoms with E-state index in [-0.39, 0.29) is 23.0 Å². The molecule has 0 atom stereocenters. The standard InChI is InChI=1S/C24H28N4O2/c1-17-7-9-18(10-8-17)28-15-13-27(14-16-28)12-4-11-26-22-21(25)23(29)19-5-2-3-6-20(19)24(22)30/h2-3,5-10,26H,4,11-16,25H2,1H3. The summed E-state index contributed by atoms with van der Waals surface area (Å²) in [6, 6.07) is 15.5. The smallest absolute Gasteiger partial charge is 0.211 e. The largest absolute Gasteiger partial charge is 0.394 e. The fraction of sp³-hybridized carbons (Fsp3) is 0.333. The van der Waals surface area contributed by atoms with Gasteiger partial charge in [-0.2, -0.15) is 0 Å². The van der Waals surface area contributed by atoms with Crippen LogP contribution in [0.3, 0.4) is 0 Å². The second kappa shape index (κ2) is 8.71. The van der Waals surface area contributed by atoms with E-state index in [1.807, 2.05) is 0 Å². The van der Waals surface area contributed by atoms with Gasteiger partial charge in [-0.25, -0.2) is 0 Å². The van der Waals surface area contributed by atoms with Crippen molar-refractivity contribution in [3.8, 4) is 0 Å². The Labute approximate surface area is 177 Å². The first-order chi connectivity index (χ1) is 14.5. The molecule has 2 aromatic rings. The number of hydrogen-bond donors (Lipinski definition) is 2. The predicted molar refractivity (Wildman–Crippen MR) is 119 cm³/mol. The van der Waals surface area contributed by atoms with Gasteiger partial charge in [0.25, 0.3) is 0 Å². The lowest BCUT2D eigenvalue weighted by atomic mass is 9.90. The second-order valence-corrected chi connectivity index (χ2v) is 7.94. The highest BCUT2D eigenvalue weighted by Crippen LogP contribution is 2.22. The van der Waals surface area contributed by atoms with Crippen LogP contribution >= 0.6 is 0 Å². The summed E-state index contributed by atoms with van der Waals surface area (Å²) < 4.78 is 0. The van der Waals surface area contributed by atoms with Crippen molar-refractivity contribution in [3.05, 3.63) is 76.6 Å². The lowest BCUT2D eigenvalue weighted by Crippen LogP contribution is -2.47. The number of nitrogens with zero attached hydrogens (tertiary/aromatic N) is 2. The molecule has 0 unspecified atom stereocenters. The molecule has 0 aromatic heterocycles. The summed E-state index contributed by atoms with van der Waals surface area (Å²) in [5.41, 5.74) is 9.59. The molecule has 0 radical (unpaired) electrons. The number of carbonyl (C=O) groups is 2. The molecule has 1 aliphatic carbocycles. The van der Waals surface area contributed by atoms with E-state index < -0.39 is 0 Å². The molecule has 30 heavy (non-hydrogen) atoms. The Bertz CT molecular complexity index is 973. The van der Waals surface area contributed by atoms with Crippen LogP contribution < -0.4 is 16.0 Å². The first-order valence-electron chi connectivity index (χ1n) is 10.5. The van der Waals surface area contributed by atoms with Crippen LogP contribution in [-0.4, -0.2) is 55.7 Å². The summed E-state index contributed by atoms with van der Waals surface area (Å²) in [6.45, 7) is 7.72. The average Bonchev–Trinajstić information content (AvgIpc) is 2.78. The van der Waals surface area contributed by atoms with E-state index in [1.165, 1.54) is 11.3 Å². The maximum Gasteiger partial charge on any atom is 0.211 e. The molecular weight excluding hydrogens is 376 g/mol. The zero-order valence-corrected chi connectivity index (χ0v) is 17.4. The molecule has 1 saturated heterocycles. The average molecular weight is 405 g/mol. The van der Waals surface area contributed by atoms with Crippen molar-refractivity contribution in [1.29, 1.82) is 0 Å². The Hall–Kier alpha value is -3.12. The van der Waals surface area contributed by atoms with Gasteiger partial charge >= 0.3 is 0 Å². The van der Waals surface area contributed by atoms with Crippen LogP contribution in [-0.2, 0) is 0 Å². The summed E-state index contributed by atoms with van der Waals surface area (Å²) in [4.78, 5) is 30.0. The van der Waals surface area contributed by atoms with Crippen LogP contribution in [0.4, 0.5) is 5.69 Å². The minimum Gasteiger partial charge on any atom is -0.394 e. The van der Waals surface area contributed by atoms with Crippen LogP contribution in [0, 0.1) is 6.92 Å². The molecule has 6 heteroatoms. The van der Waals surface area contributed by atoms with E-state index in [0.29, 0.717) is 17.7 Å². The highest BCUT2D eigenvalue weighted by atomic mass is 16.1. The minimum absolute atomic E-state index is 0.0189. The molecule has 1 aliphatic heterocycles. The van der Waals surface area contributed by atoms with Gasteiger partial charge in [0.1, 0.15) is 11.4 Å². The predicted octanol–water partition coefficient (Wildman–Crippen LogP) is 2.35. The molecule has 4 rings (SSSR count).